The summed E-state index contributed by atoms with van der Waals surface area (Å²) in [7, 11) is 0. The van der Waals surface area contributed by atoms with Crippen LogP contribution in [0.2, 0.25) is 5.15 Å². The molecule has 1 saturated heterocycles. The van der Waals surface area contributed by atoms with E-state index >= 15 is 0 Å². The minimum absolute atomic E-state index is 0.0915. The molecule has 1 aromatic carbocycles. The van der Waals surface area contributed by atoms with Crippen molar-refractivity contribution < 1.29 is 9.13 Å². The maximum atomic E-state index is 14.3. The number of hydrogen-bond acceptors (Lipinski definition) is 6. The van der Waals surface area contributed by atoms with E-state index in [9.17, 15) is 4.39 Å². The fourth-order valence-electron chi connectivity index (χ4n) is 2.44. The number of nitrogens with one attached hydrogen (secondary N) is 1. The van der Waals surface area contributed by atoms with Crippen LogP contribution in [0.3, 0.4) is 0 Å². The summed E-state index contributed by atoms with van der Waals surface area (Å²) in [4.78, 5) is 9.79. The highest BCUT2D eigenvalue weighted by Crippen LogP contribution is 2.22. The lowest BCUT2D eigenvalue weighted by molar-refractivity contribution is 0.122. The molecule has 3 rings (SSSR count). The molecule has 6 nitrogen and oxygen atoms in total. The number of halogens is 2. The van der Waals surface area contributed by atoms with E-state index in [2.05, 4.69) is 15.3 Å². The molecule has 0 radical (unpaired) electrons. The summed E-state index contributed by atoms with van der Waals surface area (Å²) in [6.07, 6.45) is 0. The van der Waals surface area contributed by atoms with Gasteiger partial charge in [-0.3, -0.25) is 0 Å². The van der Waals surface area contributed by atoms with Gasteiger partial charge in [0.15, 0.2) is 0 Å². The van der Waals surface area contributed by atoms with E-state index in [4.69, 9.17) is 22.1 Å². The van der Waals surface area contributed by atoms with Crippen LogP contribution in [-0.2, 0) is 11.3 Å². The topological polar surface area (TPSA) is 76.3 Å². The summed E-state index contributed by atoms with van der Waals surface area (Å²) >= 11 is 5.82. The van der Waals surface area contributed by atoms with Crippen LogP contribution >= 0.6 is 11.6 Å². The van der Waals surface area contributed by atoms with E-state index in [0.717, 1.165) is 5.56 Å². The molecule has 1 aliphatic heterocycles. The van der Waals surface area contributed by atoms with Crippen molar-refractivity contribution in [2.45, 2.75) is 6.54 Å². The molecule has 0 bridgehead atoms. The molecule has 2 aromatic rings. The van der Waals surface area contributed by atoms with Gasteiger partial charge in [0.1, 0.15) is 16.8 Å². The van der Waals surface area contributed by atoms with Gasteiger partial charge in [-0.2, -0.15) is 4.98 Å². The van der Waals surface area contributed by atoms with E-state index in [0.29, 0.717) is 44.4 Å². The average Bonchev–Trinajstić information content (AvgIpc) is 2.53. The minimum Gasteiger partial charge on any atom is -0.378 e. The Morgan fingerprint density at radius 1 is 1.26 bits per heavy atom. The number of ether oxygens (including phenoxy) is 1. The Bertz CT molecular complexity index is 673. The lowest BCUT2D eigenvalue weighted by Crippen LogP contribution is -2.36. The van der Waals surface area contributed by atoms with Crippen LogP contribution < -0.4 is 16.0 Å². The third-order valence-corrected chi connectivity index (χ3v) is 3.74. The zero-order chi connectivity index (χ0) is 16.2. The lowest BCUT2D eigenvalue weighted by Gasteiger charge is -2.29. The van der Waals surface area contributed by atoms with Crippen molar-refractivity contribution in [2.24, 2.45) is 0 Å². The molecule has 23 heavy (non-hydrogen) atoms. The number of nitrogens with zero attached hydrogens (tertiary/aromatic N) is 3. The van der Waals surface area contributed by atoms with Crippen molar-refractivity contribution in [1.29, 1.82) is 0 Å². The first-order chi connectivity index (χ1) is 11.1. The molecule has 1 aromatic heterocycles. The number of nitrogens with two attached hydrogens (primary N) is 1. The van der Waals surface area contributed by atoms with E-state index < -0.39 is 0 Å². The Labute approximate surface area is 138 Å². The normalized spacial score (nSPS) is 14.8. The standard InChI is InChI=1S/C15H17ClFN5O/c16-13-8-14(21-15(18)20-13)19-9-10-1-2-12(11(17)7-10)22-3-5-23-6-4-22/h1-2,7-8H,3-6,9H2,(H3,18,19,20,21). The van der Waals surface area contributed by atoms with Crippen LogP contribution in [0.15, 0.2) is 24.3 Å². The number of rotatable bonds is 4. The molecule has 1 aliphatic rings. The highest BCUT2D eigenvalue weighted by molar-refractivity contribution is 6.29. The second kappa shape index (κ2) is 6.97. The fraction of sp³-hybridized carbons (Fsp3) is 0.333. The maximum absolute atomic E-state index is 14.3. The molecule has 0 spiro atoms. The van der Waals surface area contributed by atoms with E-state index in [1.807, 2.05) is 11.0 Å². The molecule has 0 atom stereocenters. The zero-order valence-corrected chi connectivity index (χ0v) is 13.2. The van der Waals surface area contributed by atoms with Gasteiger partial charge < -0.3 is 20.7 Å². The minimum atomic E-state index is -0.244. The molecule has 0 aliphatic carbocycles. The predicted molar refractivity (Wildman–Crippen MR) is 88.2 cm³/mol. The molecule has 2 heterocycles. The zero-order valence-electron chi connectivity index (χ0n) is 12.4. The number of nitrogen functional groups attached to an aromatic ring is 1. The van der Waals surface area contributed by atoms with Crippen molar-refractivity contribution in [3.8, 4) is 0 Å². The molecule has 3 N–H and O–H groups in total. The summed E-state index contributed by atoms with van der Waals surface area (Å²) in [5.41, 5.74) is 6.93. The Hall–Kier alpha value is -2.12. The second-order valence-corrected chi connectivity index (χ2v) is 5.56. The molecule has 0 amide bonds. The van der Waals surface area contributed by atoms with Gasteiger partial charge in [0, 0.05) is 25.7 Å². The fourth-order valence-corrected chi connectivity index (χ4v) is 2.63. The van der Waals surface area contributed by atoms with E-state index in [1.54, 1.807) is 12.1 Å². The van der Waals surface area contributed by atoms with Gasteiger partial charge in [-0.05, 0) is 17.7 Å². The first-order valence-corrected chi connectivity index (χ1v) is 7.64. The molecular weight excluding hydrogens is 321 g/mol. The Balaban J connectivity index is 1.67. The summed E-state index contributed by atoms with van der Waals surface area (Å²) < 4.78 is 19.6. The van der Waals surface area contributed by atoms with Gasteiger partial charge in [-0.1, -0.05) is 17.7 Å². The lowest BCUT2D eigenvalue weighted by atomic mass is 10.1. The first-order valence-electron chi connectivity index (χ1n) is 7.27. The van der Waals surface area contributed by atoms with Crippen LogP contribution in [0.1, 0.15) is 5.56 Å². The van der Waals surface area contributed by atoms with Gasteiger partial charge in [0.05, 0.1) is 18.9 Å². The van der Waals surface area contributed by atoms with Crippen molar-refractivity contribution in [3.05, 3.63) is 40.8 Å². The molecule has 0 saturated carbocycles. The highest BCUT2D eigenvalue weighted by atomic mass is 35.5. The second-order valence-electron chi connectivity index (χ2n) is 5.17. The molecule has 122 valence electrons. The van der Waals surface area contributed by atoms with Gasteiger partial charge in [-0.25, -0.2) is 9.37 Å². The summed E-state index contributed by atoms with van der Waals surface area (Å²) in [6.45, 7) is 3.06. The number of morpholine rings is 1. The first kappa shape index (κ1) is 15.8. The number of anilines is 3. The number of benzene rings is 1. The smallest absolute Gasteiger partial charge is 0.223 e. The summed E-state index contributed by atoms with van der Waals surface area (Å²) in [6, 6.07) is 6.76. The van der Waals surface area contributed by atoms with E-state index in [1.165, 1.54) is 6.07 Å². The van der Waals surface area contributed by atoms with Gasteiger partial charge in [-0.15, -0.1) is 0 Å². The number of aromatic nitrogens is 2. The largest absolute Gasteiger partial charge is 0.378 e. The van der Waals surface area contributed by atoms with Crippen molar-refractivity contribution >= 4 is 29.1 Å². The Kier molecular flexibility index (Phi) is 4.78. The van der Waals surface area contributed by atoms with Crippen LogP contribution in [0.25, 0.3) is 0 Å². The van der Waals surface area contributed by atoms with E-state index in [-0.39, 0.29) is 16.9 Å². The molecular formula is C15H17ClFN5O. The third kappa shape index (κ3) is 4.00. The summed E-state index contributed by atoms with van der Waals surface area (Å²) in [5.74, 6) is 0.348. The van der Waals surface area contributed by atoms with Gasteiger partial charge >= 0.3 is 0 Å². The highest BCUT2D eigenvalue weighted by Gasteiger charge is 2.15. The molecule has 8 heteroatoms. The van der Waals surface area contributed by atoms with Gasteiger partial charge in [0.25, 0.3) is 0 Å². The quantitative estimate of drug-likeness (QED) is 0.834. The SMILES string of the molecule is Nc1nc(Cl)cc(NCc2ccc(N3CCOCC3)c(F)c2)n1. The van der Waals surface area contributed by atoms with Crippen LogP contribution in [-0.4, -0.2) is 36.3 Å². The molecule has 0 unspecified atom stereocenters. The summed E-state index contributed by atoms with van der Waals surface area (Å²) in [5, 5.41) is 3.31. The van der Waals surface area contributed by atoms with Gasteiger partial charge in [0.2, 0.25) is 5.95 Å². The predicted octanol–water partition coefficient (Wildman–Crippen LogP) is 2.30. The third-order valence-electron chi connectivity index (χ3n) is 3.55. The Morgan fingerprint density at radius 3 is 2.74 bits per heavy atom. The van der Waals surface area contributed by atoms with Crippen molar-refractivity contribution in [3.63, 3.8) is 0 Å². The van der Waals surface area contributed by atoms with Crippen LogP contribution in [0.5, 0.6) is 0 Å². The average molecular weight is 338 g/mol. The maximum Gasteiger partial charge on any atom is 0.223 e. The monoisotopic (exact) mass is 337 g/mol. The Morgan fingerprint density at radius 2 is 2.04 bits per heavy atom. The van der Waals surface area contributed by atoms with Crippen molar-refractivity contribution in [2.75, 3.05) is 42.3 Å². The molecule has 1 fully saturated rings. The van der Waals surface area contributed by atoms with Crippen LogP contribution in [0.4, 0.5) is 21.8 Å². The van der Waals surface area contributed by atoms with Crippen molar-refractivity contribution in [1.82, 2.24) is 9.97 Å². The number of hydrogen-bond donors (Lipinski definition) is 2. The van der Waals surface area contributed by atoms with Crippen LogP contribution in [0, 0.1) is 5.82 Å².